The molecular formula is C18H19N3O2S. The summed E-state index contributed by atoms with van der Waals surface area (Å²) in [5.74, 6) is 0.0103. The summed E-state index contributed by atoms with van der Waals surface area (Å²) in [4.78, 5) is 29.8. The molecule has 2 aromatic rings. The SMILES string of the molecule is O=C(C=Cc1cscn1)NCc1cccc(N2CCCCC2=O)c1. The molecule has 0 radical (unpaired) electrons. The first-order valence-corrected chi connectivity index (χ1v) is 8.90. The fraction of sp³-hybridized carbons (Fsp3) is 0.278. The number of carbonyl (C=O) groups is 2. The number of rotatable bonds is 5. The molecule has 6 heteroatoms. The van der Waals surface area contributed by atoms with Gasteiger partial charge in [-0.3, -0.25) is 9.59 Å². The van der Waals surface area contributed by atoms with Gasteiger partial charge in [-0.2, -0.15) is 0 Å². The average Bonchev–Trinajstić information content (AvgIpc) is 3.12. The van der Waals surface area contributed by atoms with Crippen LogP contribution in [0, 0.1) is 0 Å². The van der Waals surface area contributed by atoms with E-state index >= 15 is 0 Å². The Morgan fingerprint density at radius 2 is 2.29 bits per heavy atom. The molecule has 2 heterocycles. The van der Waals surface area contributed by atoms with Crippen LogP contribution in [0.4, 0.5) is 5.69 Å². The van der Waals surface area contributed by atoms with Crippen LogP contribution >= 0.6 is 11.3 Å². The van der Waals surface area contributed by atoms with Gasteiger partial charge < -0.3 is 10.2 Å². The molecule has 1 fully saturated rings. The Morgan fingerprint density at radius 1 is 1.38 bits per heavy atom. The van der Waals surface area contributed by atoms with Gasteiger partial charge in [0.2, 0.25) is 11.8 Å². The van der Waals surface area contributed by atoms with E-state index in [-0.39, 0.29) is 11.8 Å². The normalized spacial score (nSPS) is 15.0. The number of amides is 2. The number of hydrogen-bond donors (Lipinski definition) is 1. The van der Waals surface area contributed by atoms with E-state index in [0.717, 1.165) is 36.3 Å². The second kappa shape index (κ2) is 7.88. The van der Waals surface area contributed by atoms with Crippen LogP contribution in [0.3, 0.4) is 0 Å². The Kier molecular flexibility index (Phi) is 5.38. The van der Waals surface area contributed by atoms with E-state index in [1.807, 2.05) is 34.5 Å². The fourth-order valence-electron chi connectivity index (χ4n) is 2.63. The number of anilines is 1. The summed E-state index contributed by atoms with van der Waals surface area (Å²) in [6, 6.07) is 7.77. The maximum Gasteiger partial charge on any atom is 0.244 e. The number of benzene rings is 1. The van der Waals surface area contributed by atoms with Crippen LogP contribution in [0.15, 0.2) is 41.2 Å². The van der Waals surface area contributed by atoms with Crippen molar-refractivity contribution in [3.63, 3.8) is 0 Å². The van der Waals surface area contributed by atoms with Crippen LogP contribution in [0.2, 0.25) is 0 Å². The predicted molar refractivity (Wildman–Crippen MR) is 95.6 cm³/mol. The van der Waals surface area contributed by atoms with Crippen molar-refractivity contribution in [1.29, 1.82) is 0 Å². The molecule has 124 valence electrons. The molecular weight excluding hydrogens is 322 g/mol. The fourth-order valence-corrected chi connectivity index (χ4v) is 3.15. The Labute approximate surface area is 145 Å². The largest absolute Gasteiger partial charge is 0.348 e. The van der Waals surface area contributed by atoms with E-state index in [9.17, 15) is 9.59 Å². The molecule has 1 aromatic carbocycles. The van der Waals surface area contributed by atoms with E-state index < -0.39 is 0 Å². The van der Waals surface area contributed by atoms with Crippen LogP contribution < -0.4 is 10.2 Å². The molecule has 5 nitrogen and oxygen atoms in total. The van der Waals surface area contributed by atoms with Crippen molar-refractivity contribution < 1.29 is 9.59 Å². The Bertz CT molecular complexity index is 740. The van der Waals surface area contributed by atoms with Crippen LogP contribution in [-0.2, 0) is 16.1 Å². The lowest BCUT2D eigenvalue weighted by atomic mass is 10.1. The molecule has 2 amide bonds. The highest BCUT2D eigenvalue weighted by atomic mass is 32.1. The van der Waals surface area contributed by atoms with Crippen molar-refractivity contribution in [3.8, 4) is 0 Å². The molecule has 0 atom stereocenters. The molecule has 24 heavy (non-hydrogen) atoms. The number of carbonyl (C=O) groups excluding carboxylic acids is 2. The van der Waals surface area contributed by atoms with Gasteiger partial charge >= 0.3 is 0 Å². The van der Waals surface area contributed by atoms with E-state index in [0.29, 0.717) is 13.0 Å². The topological polar surface area (TPSA) is 62.3 Å². The van der Waals surface area contributed by atoms with Crippen LogP contribution in [0.5, 0.6) is 0 Å². The summed E-state index contributed by atoms with van der Waals surface area (Å²) < 4.78 is 0. The van der Waals surface area contributed by atoms with Crippen molar-refractivity contribution in [2.75, 3.05) is 11.4 Å². The minimum atomic E-state index is -0.164. The van der Waals surface area contributed by atoms with Gasteiger partial charge in [0.25, 0.3) is 0 Å². The van der Waals surface area contributed by atoms with Gasteiger partial charge in [-0.25, -0.2) is 4.98 Å². The Morgan fingerprint density at radius 3 is 3.08 bits per heavy atom. The lowest BCUT2D eigenvalue weighted by Gasteiger charge is -2.27. The first kappa shape index (κ1) is 16.4. The van der Waals surface area contributed by atoms with E-state index in [4.69, 9.17) is 0 Å². The van der Waals surface area contributed by atoms with E-state index in [1.165, 1.54) is 17.4 Å². The van der Waals surface area contributed by atoms with Crippen LogP contribution in [0.25, 0.3) is 6.08 Å². The van der Waals surface area contributed by atoms with Gasteiger partial charge in [0.05, 0.1) is 11.2 Å². The molecule has 0 bridgehead atoms. The van der Waals surface area contributed by atoms with Crippen molar-refractivity contribution in [3.05, 3.63) is 52.5 Å². The van der Waals surface area contributed by atoms with Gasteiger partial charge in [-0.05, 0) is 36.6 Å². The zero-order valence-corrected chi connectivity index (χ0v) is 14.1. The number of thiazole rings is 1. The highest BCUT2D eigenvalue weighted by Crippen LogP contribution is 2.21. The standard InChI is InChI=1S/C18H19N3O2S/c22-17(8-7-15-12-24-13-20-15)19-11-14-4-3-5-16(10-14)21-9-2-1-6-18(21)23/h3-5,7-8,10,12-13H,1-2,6,9,11H2,(H,19,22). The number of aromatic nitrogens is 1. The Hall–Kier alpha value is -2.47. The predicted octanol–water partition coefficient (Wildman–Crippen LogP) is 2.99. The molecule has 0 spiro atoms. The molecule has 1 aliphatic heterocycles. The third kappa shape index (κ3) is 4.29. The summed E-state index contributed by atoms with van der Waals surface area (Å²) >= 11 is 1.49. The van der Waals surface area contributed by atoms with E-state index in [1.54, 1.807) is 11.6 Å². The maximum absolute atomic E-state index is 12.0. The average molecular weight is 341 g/mol. The van der Waals surface area contributed by atoms with Gasteiger partial charge in [-0.1, -0.05) is 12.1 Å². The minimum absolute atomic E-state index is 0.164. The molecule has 3 rings (SSSR count). The molecule has 0 aliphatic carbocycles. The highest BCUT2D eigenvalue weighted by Gasteiger charge is 2.19. The molecule has 0 unspecified atom stereocenters. The third-order valence-electron chi connectivity index (χ3n) is 3.87. The lowest BCUT2D eigenvalue weighted by Crippen LogP contribution is -2.35. The van der Waals surface area contributed by atoms with Crippen molar-refractivity contribution in [2.45, 2.75) is 25.8 Å². The van der Waals surface area contributed by atoms with Crippen molar-refractivity contribution in [2.24, 2.45) is 0 Å². The summed E-state index contributed by atoms with van der Waals surface area (Å²) in [5, 5.41) is 4.73. The van der Waals surface area contributed by atoms with E-state index in [2.05, 4.69) is 10.3 Å². The number of piperidine rings is 1. The smallest absolute Gasteiger partial charge is 0.244 e. The zero-order valence-electron chi connectivity index (χ0n) is 13.3. The zero-order chi connectivity index (χ0) is 16.8. The lowest BCUT2D eigenvalue weighted by molar-refractivity contribution is -0.119. The summed E-state index contributed by atoms with van der Waals surface area (Å²) in [6.07, 6.45) is 5.79. The molecule has 1 N–H and O–H groups in total. The first-order chi connectivity index (χ1) is 11.7. The number of hydrogen-bond acceptors (Lipinski definition) is 4. The van der Waals surface area contributed by atoms with Crippen LogP contribution in [-0.4, -0.2) is 23.3 Å². The molecule has 1 aliphatic rings. The minimum Gasteiger partial charge on any atom is -0.348 e. The van der Waals surface area contributed by atoms with Crippen molar-refractivity contribution >= 4 is 34.9 Å². The Balaban J connectivity index is 1.58. The van der Waals surface area contributed by atoms with Gasteiger partial charge in [0, 0.05) is 36.7 Å². The second-order valence-corrected chi connectivity index (χ2v) is 6.36. The summed E-state index contributed by atoms with van der Waals surface area (Å²) in [5.41, 5.74) is 4.39. The van der Waals surface area contributed by atoms with Gasteiger partial charge in [0.15, 0.2) is 0 Å². The van der Waals surface area contributed by atoms with Gasteiger partial charge in [0.1, 0.15) is 0 Å². The third-order valence-corrected chi connectivity index (χ3v) is 4.47. The van der Waals surface area contributed by atoms with Crippen molar-refractivity contribution in [1.82, 2.24) is 10.3 Å². The first-order valence-electron chi connectivity index (χ1n) is 7.96. The maximum atomic E-state index is 12.0. The summed E-state index contributed by atoms with van der Waals surface area (Å²) in [7, 11) is 0. The highest BCUT2D eigenvalue weighted by molar-refractivity contribution is 7.07. The number of nitrogens with zero attached hydrogens (tertiary/aromatic N) is 2. The monoisotopic (exact) mass is 341 g/mol. The molecule has 1 aromatic heterocycles. The summed E-state index contributed by atoms with van der Waals surface area (Å²) in [6.45, 7) is 1.20. The number of nitrogens with one attached hydrogen (secondary N) is 1. The quantitative estimate of drug-likeness (QED) is 0.851. The molecule has 1 saturated heterocycles. The van der Waals surface area contributed by atoms with Gasteiger partial charge in [-0.15, -0.1) is 11.3 Å². The second-order valence-electron chi connectivity index (χ2n) is 5.64. The molecule has 0 saturated carbocycles. The van der Waals surface area contributed by atoms with Crippen LogP contribution in [0.1, 0.15) is 30.5 Å².